The van der Waals surface area contributed by atoms with Gasteiger partial charge in [0.05, 0.1) is 5.92 Å². The van der Waals surface area contributed by atoms with Gasteiger partial charge in [0.15, 0.2) is 5.79 Å². The van der Waals surface area contributed by atoms with Crippen LogP contribution in [0.3, 0.4) is 0 Å². The van der Waals surface area contributed by atoms with Crippen LogP contribution in [-0.2, 0) is 0 Å². The molecule has 18 heavy (non-hydrogen) atoms. The Morgan fingerprint density at radius 2 is 1.50 bits per heavy atom. The quantitative estimate of drug-likeness (QED) is 0.749. The first-order valence-electron chi connectivity index (χ1n) is 5.96. The lowest BCUT2D eigenvalue weighted by atomic mass is 9.78. The van der Waals surface area contributed by atoms with Crippen molar-refractivity contribution in [2.24, 2.45) is 0 Å². The Labute approximate surface area is 106 Å². The number of fused-ring (bicyclic) bond motifs is 1. The molecule has 0 saturated heterocycles. The summed E-state index contributed by atoms with van der Waals surface area (Å²) in [6.07, 6.45) is 3.21. The number of hydrogen-bond donors (Lipinski definition) is 2. The molecule has 0 amide bonds. The summed E-state index contributed by atoms with van der Waals surface area (Å²) in [5.74, 6) is -2.28. The van der Waals surface area contributed by atoms with E-state index in [1.807, 2.05) is 54.6 Å². The second kappa shape index (κ2) is 4.09. The lowest BCUT2D eigenvalue weighted by Gasteiger charge is -2.33. The summed E-state index contributed by atoms with van der Waals surface area (Å²) in [6.45, 7) is 0. The summed E-state index contributed by atoms with van der Waals surface area (Å²) in [7, 11) is 0. The number of aliphatic hydroxyl groups is 2. The van der Waals surface area contributed by atoms with Gasteiger partial charge in [-0.2, -0.15) is 0 Å². The zero-order valence-corrected chi connectivity index (χ0v) is 9.82. The second-order valence-electron chi connectivity index (χ2n) is 4.59. The number of benzene rings is 2. The number of rotatable bonds is 1. The molecule has 0 radical (unpaired) electrons. The molecular weight excluding hydrogens is 224 g/mol. The predicted octanol–water partition coefficient (Wildman–Crippen LogP) is 2.53. The predicted molar refractivity (Wildman–Crippen MR) is 70.9 cm³/mol. The fourth-order valence-corrected chi connectivity index (χ4v) is 2.53. The first-order chi connectivity index (χ1) is 8.68. The highest BCUT2D eigenvalue weighted by atomic mass is 16.5. The van der Waals surface area contributed by atoms with Crippen LogP contribution in [0.4, 0.5) is 0 Å². The summed E-state index contributed by atoms with van der Waals surface area (Å²) in [4.78, 5) is 0. The minimum absolute atomic E-state index is 0.445. The normalized spacial score (nSPS) is 20.4. The maximum Gasteiger partial charge on any atom is 0.194 e. The van der Waals surface area contributed by atoms with Crippen molar-refractivity contribution in [1.29, 1.82) is 0 Å². The van der Waals surface area contributed by atoms with Gasteiger partial charge >= 0.3 is 0 Å². The van der Waals surface area contributed by atoms with Gasteiger partial charge in [0.25, 0.3) is 0 Å². The zero-order valence-electron chi connectivity index (χ0n) is 9.82. The minimum atomic E-state index is -1.84. The first kappa shape index (κ1) is 11.2. The molecule has 0 spiro atoms. The van der Waals surface area contributed by atoms with Crippen molar-refractivity contribution in [1.82, 2.24) is 0 Å². The molecule has 0 aliphatic heterocycles. The van der Waals surface area contributed by atoms with Crippen molar-refractivity contribution in [3.8, 4) is 0 Å². The average molecular weight is 238 g/mol. The molecule has 3 rings (SSSR count). The molecule has 0 saturated carbocycles. The van der Waals surface area contributed by atoms with Crippen molar-refractivity contribution in [2.45, 2.75) is 11.7 Å². The van der Waals surface area contributed by atoms with Crippen LogP contribution < -0.4 is 0 Å². The highest BCUT2D eigenvalue weighted by Crippen LogP contribution is 2.39. The van der Waals surface area contributed by atoms with Crippen LogP contribution in [0, 0.1) is 0 Å². The van der Waals surface area contributed by atoms with Gasteiger partial charge in [-0.05, 0) is 22.8 Å². The lowest BCUT2D eigenvalue weighted by Crippen LogP contribution is -2.36. The third-order valence-corrected chi connectivity index (χ3v) is 3.37. The van der Waals surface area contributed by atoms with E-state index >= 15 is 0 Å². The van der Waals surface area contributed by atoms with E-state index in [4.69, 9.17) is 0 Å². The highest BCUT2D eigenvalue weighted by molar-refractivity contribution is 5.61. The largest absolute Gasteiger partial charge is 0.362 e. The standard InChI is InChI=1S/C16H14O2/c17-16(18)11-10-12-6-4-5-9-14(12)15(16)13-7-2-1-3-8-13/h1-11,15,17-18H. The summed E-state index contributed by atoms with van der Waals surface area (Å²) >= 11 is 0. The van der Waals surface area contributed by atoms with Gasteiger partial charge in [-0.3, -0.25) is 0 Å². The molecule has 2 N–H and O–H groups in total. The Morgan fingerprint density at radius 1 is 0.833 bits per heavy atom. The monoisotopic (exact) mass is 238 g/mol. The molecule has 0 fully saturated rings. The molecule has 2 nitrogen and oxygen atoms in total. The highest BCUT2D eigenvalue weighted by Gasteiger charge is 2.37. The van der Waals surface area contributed by atoms with Crippen LogP contribution in [-0.4, -0.2) is 16.0 Å². The fourth-order valence-electron chi connectivity index (χ4n) is 2.53. The van der Waals surface area contributed by atoms with E-state index in [0.717, 1.165) is 16.7 Å². The molecule has 1 aliphatic carbocycles. The maximum absolute atomic E-state index is 10.2. The molecule has 0 heterocycles. The molecule has 2 aromatic rings. The summed E-state index contributed by atoms with van der Waals surface area (Å²) in [5.41, 5.74) is 2.88. The van der Waals surface area contributed by atoms with Crippen molar-refractivity contribution in [3.05, 3.63) is 77.4 Å². The third kappa shape index (κ3) is 1.76. The van der Waals surface area contributed by atoms with Gasteiger partial charge in [0.2, 0.25) is 0 Å². The van der Waals surface area contributed by atoms with Gasteiger partial charge < -0.3 is 10.2 Å². The second-order valence-corrected chi connectivity index (χ2v) is 4.59. The minimum Gasteiger partial charge on any atom is -0.362 e. The van der Waals surface area contributed by atoms with Crippen molar-refractivity contribution in [2.75, 3.05) is 0 Å². The Bertz CT molecular complexity index is 585. The van der Waals surface area contributed by atoms with Gasteiger partial charge in [-0.1, -0.05) is 60.7 Å². The van der Waals surface area contributed by atoms with Gasteiger partial charge in [-0.15, -0.1) is 0 Å². The molecule has 1 aliphatic rings. The van der Waals surface area contributed by atoms with E-state index in [2.05, 4.69) is 0 Å². The molecule has 2 heteroatoms. The van der Waals surface area contributed by atoms with Gasteiger partial charge in [0.1, 0.15) is 0 Å². The van der Waals surface area contributed by atoms with Gasteiger partial charge in [0, 0.05) is 0 Å². The average Bonchev–Trinajstić information content (AvgIpc) is 2.39. The summed E-state index contributed by atoms with van der Waals surface area (Å²) < 4.78 is 0. The zero-order chi connectivity index (χ0) is 12.6. The SMILES string of the molecule is OC1(O)C=Cc2ccccc2C1c1ccccc1. The summed E-state index contributed by atoms with van der Waals surface area (Å²) in [6, 6.07) is 17.4. The number of hydrogen-bond acceptors (Lipinski definition) is 2. The van der Waals surface area contributed by atoms with E-state index in [-0.39, 0.29) is 0 Å². The molecule has 1 atom stereocenters. The van der Waals surface area contributed by atoms with Crippen molar-refractivity contribution in [3.63, 3.8) is 0 Å². The van der Waals surface area contributed by atoms with E-state index in [1.54, 1.807) is 6.08 Å². The topological polar surface area (TPSA) is 40.5 Å². The lowest BCUT2D eigenvalue weighted by molar-refractivity contribution is -0.129. The molecule has 1 unspecified atom stereocenters. The smallest absolute Gasteiger partial charge is 0.194 e. The van der Waals surface area contributed by atoms with E-state index in [9.17, 15) is 10.2 Å². The van der Waals surface area contributed by atoms with Crippen LogP contribution in [0.5, 0.6) is 0 Å². The van der Waals surface area contributed by atoms with Crippen LogP contribution >= 0.6 is 0 Å². The van der Waals surface area contributed by atoms with Crippen molar-refractivity contribution < 1.29 is 10.2 Å². The van der Waals surface area contributed by atoms with E-state index < -0.39 is 11.7 Å². The van der Waals surface area contributed by atoms with Crippen LogP contribution in [0.25, 0.3) is 6.08 Å². The van der Waals surface area contributed by atoms with Crippen LogP contribution in [0.2, 0.25) is 0 Å². The first-order valence-corrected chi connectivity index (χ1v) is 5.96. The van der Waals surface area contributed by atoms with Crippen LogP contribution in [0.15, 0.2) is 60.7 Å². The summed E-state index contributed by atoms with van der Waals surface area (Å²) in [5, 5.41) is 20.4. The Morgan fingerprint density at radius 3 is 2.28 bits per heavy atom. The van der Waals surface area contributed by atoms with Crippen molar-refractivity contribution >= 4 is 6.08 Å². The Balaban J connectivity index is 2.19. The molecule has 2 aromatic carbocycles. The fraction of sp³-hybridized carbons (Fsp3) is 0.125. The van der Waals surface area contributed by atoms with E-state index in [1.165, 1.54) is 6.08 Å². The third-order valence-electron chi connectivity index (χ3n) is 3.37. The van der Waals surface area contributed by atoms with Crippen LogP contribution in [0.1, 0.15) is 22.6 Å². The molecule has 0 bridgehead atoms. The Hall–Kier alpha value is -1.90. The molecule has 90 valence electrons. The van der Waals surface area contributed by atoms with E-state index in [0.29, 0.717) is 0 Å². The molecular formula is C16H14O2. The molecule has 0 aromatic heterocycles. The van der Waals surface area contributed by atoms with Gasteiger partial charge in [-0.25, -0.2) is 0 Å². The maximum atomic E-state index is 10.2. The Kier molecular flexibility index (Phi) is 2.54.